The number of hydrogen-bond donors (Lipinski definition) is 1. The third-order valence-electron chi connectivity index (χ3n) is 4.20. The van der Waals surface area contributed by atoms with Crippen LogP contribution in [0, 0.1) is 0 Å². The lowest BCUT2D eigenvalue weighted by molar-refractivity contribution is 0.0188. The van der Waals surface area contributed by atoms with E-state index in [0.29, 0.717) is 18.2 Å². The average Bonchev–Trinajstić information content (AvgIpc) is 2.70. The zero-order valence-corrected chi connectivity index (χ0v) is 16.5. The van der Waals surface area contributed by atoms with Gasteiger partial charge in [-0.15, -0.1) is 0 Å². The Bertz CT molecular complexity index is 745. The number of benzene rings is 1. The van der Waals surface area contributed by atoms with Crippen LogP contribution in [0.25, 0.3) is 0 Å². The highest BCUT2D eigenvalue weighted by atomic mass is 16.6. The van der Waals surface area contributed by atoms with Gasteiger partial charge in [0.15, 0.2) is 0 Å². The second kappa shape index (κ2) is 10.0. The Morgan fingerprint density at radius 1 is 1.15 bits per heavy atom. The predicted octanol–water partition coefficient (Wildman–Crippen LogP) is 3.04. The molecule has 0 spiro atoms. The van der Waals surface area contributed by atoms with Crippen molar-refractivity contribution in [2.75, 3.05) is 27.9 Å². The summed E-state index contributed by atoms with van der Waals surface area (Å²) >= 11 is 0. The van der Waals surface area contributed by atoms with Crippen LogP contribution in [0.2, 0.25) is 0 Å². The number of ether oxygens (including phenoxy) is 2. The molecule has 7 nitrogen and oxygen atoms in total. The number of nitrogens with one attached hydrogen (secondary N) is 1. The van der Waals surface area contributed by atoms with Crippen molar-refractivity contribution in [3.05, 3.63) is 59.3 Å². The van der Waals surface area contributed by atoms with Gasteiger partial charge in [-0.3, -0.25) is 4.84 Å². The first-order valence-corrected chi connectivity index (χ1v) is 8.63. The van der Waals surface area contributed by atoms with E-state index in [9.17, 15) is 0 Å². The van der Waals surface area contributed by atoms with Crippen molar-refractivity contribution in [3.63, 3.8) is 0 Å². The van der Waals surface area contributed by atoms with Gasteiger partial charge in [-0.1, -0.05) is 29.4 Å². The summed E-state index contributed by atoms with van der Waals surface area (Å²) < 4.78 is 11.3. The molecule has 1 heterocycles. The molecule has 0 atom stereocenters. The van der Waals surface area contributed by atoms with Gasteiger partial charge in [0, 0.05) is 37.5 Å². The molecule has 0 bridgehead atoms. The first kappa shape index (κ1) is 20.8. The molecule has 1 aromatic heterocycles. The van der Waals surface area contributed by atoms with Gasteiger partial charge < -0.3 is 14.3 Å². The van der Waals surface area contributed by atoms with Gasteiger partial charge in [0.2, 0.25) is 5.88 Å². The van der Waals surface area contributed by atoms with E-state index in [1.54, 1.807) is 20.4 Å². The maximum Gasteiger partial charge on any atom is 0.213 e. The van der Waals surface area contributed by atoms with Crippen molar-refractivity contribution in [1.82, 2.24) is 10.5 Å². The minimum absolute atomic E-state index is 0.264. The van der Waals surface area contributed by atoms with Gasteiger partial charge in [0.05, 0.1) is 5.60 Å². The monoisotopic (exact) mass is 373 g/mol. The number of aromatic nitrogens is 1. The van der Waals surface area contributed by atoms with Crippen LogP contribution >= 0.6 is 0 Å². The first-order valence-electron chi connectivity index (χ1n) is 8.63. The number of nitrogens with zero attached hydrogens (tertiary/aromatic N) is 2. The summed E-state index contributed by atoms with van der Waals surface area (Å²) in [5.74, 6) is 0.539. The fourth-order valence-electron chi connectivity index (χ4n) is 2.42. The van der Waals surface area contributed by atoms with Crippen LogP contribution in [-0.4, -0.2) is 38.6 Å². The molecule has 0 saturated heterocycles. The highest BCUT2D eigenvalue weighted by molar-refractivity contribution is 6.02. The van der Waals surface area contributed by atoms with Gasteiger partial charge in [-0.25, -0.2) is 10.5 Å². The molecule has 7 heteroatoms. The molecule has 0 radical (unpaired) electrons. The Balaban J connectivity index is 2.13. The quantitative estimate of drug-likeness (QED) is 0.510. The molecule has 0 unspecified atom stereocenters. The second-order valence-corrected chi connectivity index (χ2v) is 6.26. The number of hydroxylamine groups is 1. The molecule has 1 N–H and O–H groups in total. The predicted molar refractivity (Wildman–Crippen MR) is 104 cm³/mol. The Morgan fingerprint density at radius 2 is 1.93 bits per heavy atom. The minimum atomic E-state index is -0.392. The summed E-state index contributed by atoms with van der Waals surface area (Å²) in [5.41, 5.74) is 5.74. The molecular weight excluding hydrogens is 346 g/mol. The van der Waals surface area contributed by atoms with Crippen LogP contribution in [0.3, 0.4) is 0 Å². The molecule has 27 heavy (non-hydrogen) atoms. The van der Waals surface area contributed by atoms with Crippen LogP contribution < -0.4 is 10.2 Å². The Labute approximate surface area is 160 Å². The first-order chi connectivity index (χ1) is 13.0. The topological polar surface area (TPSA) is 74.2 Å². The normalized spacial score (nSPS) is 12.1. The van der Waals surface area contributed by atoms with Gasteiger partial charge in [-0.2, -0.15) is 0 Å². The van der Waals surface area contributed by atoms with Crippen molar-refractivity contribution in [1.29, 1.82) is 0 Å². The third kappa shape index (κ3) is 5.75. The van der Waals surface area contributed by atoms with Crippen molar-refractivity contribution < 1.29 is 19.1 Å². The standard InChI is InChI=1S/C20H27N3O4/c1-20(2,24-4)16-10-11-19(22-12-16)26-13-15-8-6-7-9-17(15)18(23-25-5)14-27-21-3/h6-12,21H,13-14H2,1-5H3/b23-18+. The smallest absolute Gasteiger partial charge is 0.213 e. The molecule has 0 fully saturated rings. The zero-order valence-electron chi connectivity index (χ0n) is 16.5. The molecule has 0 aliphatic rings. The van der Waals surface area contributed by atoms with Crippen molar-refractivity contribution in [2.45, 2.75) is 26.1 Å². The largest absolute Gasteiger partial charge is 0.473 e. The molecule has 146 valence electrons. The molecule has 0 saturated carbocycles. The number of hydrogen-bond acceptors (Lipinski definition) is 7. The Kier molecular flexibility index (Phi) is 7.72. The molecule has 2 rings (SSSR count). The number of methoxy groups -OCH3 is 1. The summed E-state index contributed by atoms with van der Waals surface area (Å²) in [4.78, 5) is 14.6. The second-order valence-electron chi connectivity index (χ2n) is 6.26. The molecule has 0 amide bonds. The van der Waals surface area contributed by atoms with E-state index in [-0.39, 0.29) is 6.61 Å². The van der Waals surface area contributed by atoms with E-state index < -0.39 is 5.60 Å². The van der Waals surface area contributed by atoms with Crippen LogP contribution in [0.1, 0.15) is 30.5 Å². The van der Waals surface area contributed by atoms with E-state index in [1.807, 2.05) is 50.2 Å². The molecule has 1 aromatic carbocycles. The fraction of sp³-hybridized carbons (Fsp3) is 0.400. The number of rotatable bonds is 10. The maximum atomic E-state index is 5.86. The SMILES string of the molecule is CNOC/C(=N\OC)c1ccccc1COc1ccc(C(C)(C)OC)cn1. The maximum absolute atomic E-state index is 5.86. The van der Waals surface area contributed by atoms with E-state index >= 15 is 0 Å². The van der Waals surface area contributed by atoms with Gasteiger partial charge in [0.25, 0.3) is 0 Å². The summed E-state index contributed by atoms with van der Waals surface area (Å²) in [6, 6.07) is 11.6. The zero-order chi connectivity index (χ0) is 19.7. The summed E-state index contributed by atoms with van der Waals surface area (Å²) in [6.07, 6.45) is 1.77. The van der Waals surface area contributed by atoms with Crippen LogP contribution in [0.4, 0.5) is 0 Å². The van der Waals surface area contributed by atoms with Gasteiger partial charge >= 0.3 is 0 Å². The van der Waals surface area contributed by atoms with Crippen molar-refractivity contribution in [3.8, 4) is 5.88 Å². The molecular formula is C20H27N3O4. The summed E-state index contributed by atoms with van der Waals surface area (Å²) in [6.45, 7) is 4.59. The number of pyridine rings is 1. The highest BCUT2D eigenvalue weighted by Crippen LogP contribution is 2.24. The summed E-state index contributed by atoms with van der Waals surface area (Å²) in [7, 11) is 4.88. The van der Waals surface area contributed by atoms with Gasteiger partial charge in [-0.05, 0) is 25.5 Å². The van der Waals surface area contributed by atoms with E-state index in [2.05, 4.69) is 15.6 Å². The lowest BCUT2D eigenvalue weighted by atomic mass is 10.0. The minimum Gasteiger partial charge on any atom is -0.473 e. The van der Waals surface area contributed by atoms with Gasteiger partial charge in [0.1, 0.15) is 26.0 Å². The van der Waals surface area contributed by atoms with Crippen molar-refractivity contribution >= 4 is 5.71 Å². The average molecular weight is 373 g/mol. The van der Waals surface area contributed by atoms with Crippen molar-refractivity contribution in [2.24, 2.45) is 5.16 Å². The van der Waals surface area contributed by atoms with E-state index in [4.69, 9.17) is 19.1 Å². The number of oxime groups is 1. The Morgan fingerprint density at radius 3 is 2.56 bits per heavy atom. The van der Waals surface area contributed by atoms with Crippen LogP contribution in [0.5, 0.6) is 5.88 Å². The lowest BCUT2D eigenvalue weighted by Crippen LogP contribution is -2.20. The van der Waals surface area contributed by atoms with Crippen LogP contribution in [0.15, 0.2) is 47.8 Å². The highest BCUT2D eigenvalue weighted by Gasteiger charge is 2.19. The summed E-state index contributed by atoms with van der Waals surface area (Å²) in [5, 5.41) is 4.06. The molecule has 2 aromatic rings. The Hall–Kier alpha value is -2.48. The fourth-order valence-corrected chi connectivity index (χ4v) is 2.42. The molecule has 0 aliphatic heterocycles. The van der Waals surface area contributed by atoms with E-state index in [0.717, 1.165) is 16.7 Å². The third-order valence-corrected chi connectivity index (χ3v) is 4.20. The van der Waals surface area contributed by atoms with Crippen LogP contribution in [-0.2, 0) is 26.6 Å². The lowest BCUT2D eigenvalue weighted by Gasteiger charge is -2.23. The molecule has 0 aliphatic carbocycles. The van der Waals surface area contributed by atoms with E-state index in [1.165, 1.54) is 7.11 Å².